The minimum absolute atomic E-state index is 0.286. The van der Waals surface area contributed by atoms with E-state index in [9.17, 15) is 4.79 Å². The lowest BCUT2D eigenvalue weighted by molar-refractivity contribution is 0.141. The van der Waals surface area contributed by atoms with Gasteiger partial charge in [-0.3, -0.25) is 0 Å². The summed E-state index contributed by atoms with van der Waals surface area (Å²) in [4.78, 5) is 11.5. The summed E-state index contributed by atoms with van der Waals surface area (Å²) >= 11 is 0. The number of hydrogen-bond acceptors (Lipinski definition) is 2. The summed E-state index contributed by atoms with van der Waals surface area (Å²) in [5.74, 6) is 0. The van der Waals surface area contributed by atoms with Crippen molar-refractivity contribution in [2.24, 2.45) is 0 Å². The van der Waals surface area contributed by atoms with Crippen LogP contribution in [0.2, 0.25) is 0 Å². The molecule has 0 bridgehead atoms. The molecule has 0 heterocycles. The topological polar surface area (TPSA) is 38.3 Å². The number of carbonyl (C=O) groups is 1. The van der Waals surface area contributed by atoms with Crippen LogP contribution in [0.25, 0.3) is 6.08 Å². The van der Waals surface area contributed by atoms with E-state index in [2.05, 4.69) is 24.4 Å². The molecule has 0 spiro atoms. The molecular weight excluding hydrogens is 262 g/mol. The molecule has 21 heavy (non-hydrogen) atoms. The van der Waals surface area contributed by atoms with Crippen LogP contribution in [0.3, 0.4) is 0 Å². The summed E-state index contributed by atoms with van der Waals surface area (Å²) in [7, 11) is 0. The van der Waals surface area contributed by atoms with Gasteiger partial charge >= 0.3 is 6.09 Å². The molecule has 2 aromatic carbocycles. The quantitative estimate of drug-likeness (QED) is 0.901. The van der Waals surface area contributed by atoms with E-state index in [0.717, 1.165) is 11.1 Å². The average molecular weight is 281 g/mol. The Morgan fingerprint density at radius 3 is 2.52 bits per heavy atom. The van der Waals surface area contributed by atoms with Gasteiger partial charge < -0.3 is 10.1 Å². The van der Waals surface area contributed by atoms with Gasteiger partial charge in [0.25, 0.3) is 0 Å². The fourth-order valence-electron chi connectivity index (χ4n) is 1.79. The number of hydrogen-bond donors (Lipinski definition) is 1. The summed E-state index contributed by atoms with van der Waals surface area (Å²) < 4.78 is 5.11. The normalized spacial score (nSPS) is 10.5. The number of aryl methyl sites for hydroxylation is 1. The Hall–Kier alpha value is -2.55. The van der Waals surface area contributed by atoms with Gasteiger partial charge in [0.15, 0.2) is 0 Å². The SMILES string of the molecule is Cc1ccc(C=CCNC(=O)OCc2ccccc2)cc1. The molecule has 0 aliphatic carbocycles. The van der Waals surface area contributed by atoms with Crippen LogP contribution >= 0.6 is 0 Å². The number of ether oxygens (including phenoxy) is 1. The predicted molar refractivity (Wildman–Crippen MR) is 84.8 cm³/mol. The molecule has 0 fully saturated rings. The first-order chi connectivity index (χ1) is 10.2. The fraction of sp³-hybridized carbons (Fsp3) is 0.167. The molecule has 0 aliphatic heterocycles. The maximum absolute atomic E-state index is 11.5. The minimum Gasteiger partial charge on any atom is -0.445 e. The Morgan fingerprint density at radius 2 is 1.81 bits per heavy atom. The average Bonchev–Trinajstić information content (AvgIpc) is 2.52. The maximum atomic E-state index is 11.5. The Bertz CT molecular complexity index is 588. The third-order valence-electron chi connectivity index (χ3n) is 2.96. The predicted octanol–water partition coefficient (Wildman–Crippen LogP) is 3.93. The van der Waals surface area contributed by atoms with Gasteiger partial charge in [0.1, 0.15) is 6.61 Å². The smallest absolute Gasteiger partial charge is 0.407 e. The van der Waals surface area contributed by atoms with E-state index >= 15 is 0 Å². The number of rotatable bonds is 5. The Labute approximate surface area is 125 Å². The van der Waals surface area contributed by atoms with Crippen molar-refractivity contribution in [3.05, 3.63) is 77.4 Å². The first-order valence-electron chi connectivity index (χ1n) is 6.92. The van der Waals surface area contributed by atoms with Gasteiger partial charge in [0.2, 0.25) is 0 Å². The van der Waals surface area contributed by atoms with Gasteiger partial charge in [-0.25, -0.2) is 4.79 Å². The van der Waals surface area contributed by atoms with Crippen molar-refractivity contribution in [2.75, 3.05) is 6.54 Å². The number of alkyl carbamates (subject to hydrolysis) is 1. The van der Waals surface area contributed by atoms with Crippen LogP contribution in [-0.4, -0.2) is 12.6 Å². The maximum Gasteiger partial charge on any atom is 0.407 e. The standard InChI is InChI=1S/C18H19NO2/c1-15-9-11-16(12-10-15)8-5-13-19-18(20)21-14-17-6-3-2-4-7-17/h2-12H,13-14H2,1H3,(H,19,20). The zero-order chi connectivity index (χ0) is 14.9. The summed E-state index contributed by atoms with van der Waals surface area (Å²) in [6.07, 6.45) is 3.46. The van der Waals surface area contributed by atoms with Crippen LogP contribution < -0.4 is 5.32 Å². The number of nitrogens with one attached hydrogen (secondary N) is 1. The minimum atomic E-state index is -0.410. The lowest BCUT2D eigenvalue weighted by Crippen LogP contribution is -2.24. The Balaban J connectivity index is 1.68. The van der Waals surface area contributed by atoms with Crippen molar-refractivity contribution in [1.82, 2.24) is 5.32 Å². The number of benzene rings is 2. The highest BCUT2D eigenvalue weighted by atomic mass is 16.5. The van der Waals surface area contributed by atoms with E-state index in [1.807, 2.05) is 54.6 Å². The molecule has 2 rings (SSSR count). The Morgan fingerprint density at radius 1 is 1.10 bits per heavy atom. The van der Waals surface area contributed by atoms with Crippen LogP contribution in [0.15, 0.2) is 60.7 Å². The second-order valence-corrected chi connectivity index (χ2v) is 4.76. The second-order valence-electron chi connectivity index (χ2n) is 4.76. The van der Waals surface area contributed by atoms with Crippen LogP contribution in [0.4, 0.5) is 4.79 Å². The van der Waals surface area contributed by atoms with E-state index in [0.29, 0.717) is 6.54 Å². The molecule has 0 atom stereocenters. The van der Waals surface area contributed by atoms with Crippen molar-refractivity contribution in [2.45, 2.75) is 13.5 Å². The molecule has 3 heteroatoms. The fourth-order valence-corrected chi connectivity index (χ4v) is 1.79. The first kappa shape index (κ1) is 14.9. The van der Waals surface area contributed by atoms with Gasteiger partial charge in [-0.05, 0) is 18.1 Å². The molecule has 3 nitrogen and oxygen atoms in total. The molecule has 1 amide bonds. The van der Waals surface area contributed by atoms with Crippen molar-refractivity contribution >= 4 is 12.2 Å². The first-order valence-corrected chi connectivity index (χ1v) is 6.92. The highest BCUT2D eigenvalue weighted by molar-refractivity contribution is 5.67. The van der Waals surface area contributed by atoms with E-state index in [-0.39, 0.29) is 6.61 Å². The molecule has 0 saturated heterocycles. The molecular formula is C18H19NO2. The largest absolute Gasteiger partial charge is 0.445 e. The van der Waals surface area contributed by atoms with Crippen LogP contribution in [0.1, 0.15) is 16.7 Å². The summed E-state index contributed by atoms with van der Waals surface area (Å²) in [6.45, 7) is 2.79. The van der Waals surface area contributed by atoms with E-state index in [4.69, 9.17) is 4.74 Å². The molecule has 108 valence electrons. The highest BCUT2D eigenvalue weighted by Gasteiger charge is 1.99. The molecule has 0 aliphatic rings. The monoisotopic (exact) mass is 281 g/mol. The van der Waals surface area contributed by atoms with Crippen LogP contribution in [-0.2, 0) is 11.3 Å². The van der Waals surface area contributed by atoms with Crippen molar-refractivity contribution in [1.29, 1.82) is 0 Å². The summed E-state index contributed by atoms with van der Waals surface area (Å²) in [6, 6.07) is 17.8. The van der Waals surface area contributed by atoms with Gasteiger partial charge in [0.05, 0.1) is 0 Å². The van der Waals surface area contributed by atoms with E-state index < -0.39 is 6.09 Å². The third-order valence-corrected chi connectivity index (χ3v) is 2.96. The number of amides is 1. The van der Waals surface area contributed by atoms with E-state index in [1.165, 1.54) is 5.56 Å². The third kappa shape index (κ3) is 5.53. The molecule has 0 unspecified atom stereocenters. The van der Waals surface area contributed by atoms with Crippen LogP contribution in [0.5, 0.6) is 0 Å². The van der Waals surface area contributed by atoms with Crippen LogP contribution in [0, 0.1) is 6.92 Å². The highest BCUT2D eigenvalue weighted by Crippen LogP contribution is 2.04. The van der Waals surface area contributed by atoms with Gasteiger partial charge in [-0.1, -0.05) is 72.3 Å². The molecule has 0 saturated carbocycles. The Kier molecular flexibility index (Phi) is 5.59. The molecule has 0 aromatic heterocycles. The van der Waals surface area contributed by atoms with Gasteiger partial charge in [0, 0.05) is 6.54 Å². The summed E-state index contributed by atoms with van der Waals surface area (Å²) in [5, 5.41) is 2.69. The van der Waals surface area contributed by atoms with Crippen molar-refractivity contribution < 1.29 is 9.53 Å². The van der Waals surface area contributed by atoms with E-state index in [1.54, 1.807) is 0 Å². The lowest BCUT2D eigenvalue weighted by Gasteiger charge is -2.05. The molecule has 2 aromatic rings. The summed E-state index contributed by atoms with van der Waals surface area (Å²) in [5.41, 5.74) is 3.32. The zero-order valence-corrected chi connectivity index (χ0v) is 12.1. The van der Waals surface area contributed by atoms with Gasteiger partial charge in [-0.2, -0.15) is 0 Å². The molecule has 1 N–H and O–H groups in total. The zero-order valence-electron chi connectivity index (χ0n) is 12.1. The van der Waals surface area contributed by atoms with Crippen molar-refractivity contribution in [3.8, 4) is 0 Å². The lowest BCUT2D eigenvalue weighted by atomic mass is 10.1. The second kappa shape index (κ2) is 7.90. The van der Waals surface area contributed by atoms with Gasteiger partial charge in [-0.15, -0.1) is 0 Å². The molecule has 0 radical (unpaired) electrons. The van der Waals surface area contributed by atoms with Crippen molar-refractivity contribution in [3.63, 3.8) is 0 Å². The number of carbonyl (C=O) groups excluding carboxylic acids is 1.